The summed E-state index contributed by atoms with van der Waals surface area (Å²) < 4.78 is 11.5. The van der Waals surface area contributed by atoms with Gasteiger partial charge in [0.25, 0.3) is 0 Å². The number of thiazole rings is 1. The molecule has 6 heteroatoms. The van der Waals surface area contributed by atoms with E-state index in [0.29, 0.717) is 11.5 Å². The van der Waals surface area contributed by atoms with Crippen LogP contribution in [0.1, 0.15) is 23.5 Å². The summed E-state index contributed by atoms with van der Waals surface area (Å²) in [6.07, 6.45) is 0. The number of rotatable bonds is 4. The average Bonchev–Trinajstić information content (AvgIpc) is 2.80. The number of nitrogens with two attached hydrogens (primary N) is 1. The molecule has 2 rings (SSSR count). The van der Waals surface area contributed by atoms with E-state index in [1.165, 1.54) is 0 Å². The standard InChI is InChI=1S/C14H17BrN2O2S/c1-7(16)13-8(2)17-14(20-13)9-5-11(18-3)12(19-4)6-10(9)15/h5-7H,16H2,1-4H3. The van der Waals surface area contributed by atoms with Crippen LogP contribution >= 0.6 is 27.3 Å². The molecular weight excluding hydrogens is 340 g/mol. The summed E-state index contributed by atoms with van der Waals surface area (Å²) in [6.45, 7) is 3.95. The van der Waals surface area contributed by atoms with Gasteiger partial charge in [-0.3, -0.25) is 0 Å². The molecule has 0 saturated carbocycles. The third kappa shape index (κ3) is 2.82. The molecule has 1 aromatic carbocycles. The normalized spacial score (nSPS) is 12.3. The van der Waals surface area contributed by atoms with E-state index < -0.39 is 0 Å². The van der Waals surface area contributed by atoms with Crippen molar-refractivity contribution in [2.24, 2.45) is 5.73 Å². The van der Waals surface area contributed by atoms with E-state index in [0.717, 1.165) is 25.6 Å². The largest absolute Gasteiger partial charge is 0.493 e. The number of methoxy groups -OCH3 is 2. The van der Waals surface area contributed by atoms with Crippen molar-refractivity contribution in [1.82, 2.24) is 4.98 Å². The van der Waals surface area contributed by atoms with Crippen molar-refractivity contribution in [2.75, 3.05) is 14.2 Å². The number of hydrogen-bond donors (Lipinski definition) is 1. The first-order valence-electron chi connectivity index (χ1n) is 6.12. The molecule has 0 bridgehead atoms. The van der Waals surface area contributed by atoms with Gasteiger partial charge in [0.2, 0.25) is 0 Å². The summed E-state index contributed by atoms with van der Waals surface area (Å²) in [7, 11) is 3.24. The number of aryl methyl sites for hydroxylation is 1. The Balaban J connectivity index is 2.55. The molecule has 0 fully saturated rings. The Morgan fingerprint density at radius 1 is 1.25 bits per heavy atom. The summed E-state index contributed by atoms with van der Waals surface area (Å²) in [4.78, 5) is 5.70. The Hall–Kier alpha value is -1.11. The monoisotopic (exact) mass is 356 g/mol. The number of ether oxygens (including phenoxy) is 2. The van der Waals surface area contributed by atoms with Gasteiger partial charge in [0.05, 0.1) is 19.9 Å². The first-order valence-corrected chi connectivity index (χ1v) is 7.73. The Morgan fingerprint density at radius 2 is 1.85 bits per heavy atom. The van der Waals surface area contributed by atoms with Crippen LogP contribution in [0, 0.1) is 6.92 Å². The highest BCUT2D eigenvalue weighted by Crippen LogP contribution is 2.41. The number of benzene rings is 1. The fourth-order valence-corrected chi connectivity index (χ4v) is 3.65. The number of aromatic nitrogens is 1. The second-order valence-corrected chi connectivity index (χ2v) is 6.33. The fourth-order valence-electron chi connectivity index (χ4n) is 1.96. The van der Waals surface area contributed by atoms with Gasteiger partial charge < -0.3 is 15.2 Å². The van der Waals surface area contributed by atoms with Crippen LogP contribution in [-0.4, -0.2) is 19.2 Å². The van der Waals surface area contributed by atoms with Crippen LogP contribution in [0.4, 0.5) is 0 Å². The van der Waals surface area contributed by atoms with Crippen LogP contribution in [0.3, 0.4) is 0 Å². The lowest BCUT2D eigenvalue weighted by atomic mass is 10.2. The first kappa shape index (κ1) is 15.3. The van der Waals surface area contributed by atoms with Gasteiger partial charge in [0, 0.05) is 21.0 Å². The molecule has 0 aliphatic heterocycles. The lowest BCUT2D eigenvalue weighted by Gasteiger charge is -2.10. The van der Waals surface area contributed by atoms with Crippen LogP contribution in [0.15, 0.2) is 16.6 Å². The molecule has 0 saturated heterocycles. The van der Waals surface area contributed by atoms with Crippen molar-refractivity contribution in [1.29, 1.82) is 0 Å². The zero-order valence-corrected chi connectivity index (χ0v) is 14.3. The Bertz CT molecular complexity index is 626. The zero-order chi connectivity index (χ0) is 14.9. The fraction of sp³-hybridized carbons (Fsp3) is 0.357. The minimum atomic E-state index is -0.0137. The van der Waals surface area contributed by atoms with Crippen LogP contribution < -0.4 is 15.2 Å². The molecule has 4 nitrogen and oxygen atoms in total. The average molecular weight is 357 g/mol. The summed E-state index contributed by atoms with van der Waals surface area (Å²) in [5, 5.41) is 0.919. The van der Waals surface area contributed by atoms with Gasteiger partial charge in [-0.1, -0.05) is 0 Å². The Kier molecular flexibility index (Phi) is 4.67. The first-order chi connectivity index (χ1) is 9.47. The van der Waals surface area contributed by atoms with Gasteiger partial charge in [-0.15, -0.1) is 11.3 Å². The van der Waals surface area contributed by atoms with E-state index in [4.69, 9.17) is 15.2 Å². The highest BCUT2D eigenvalue weighted by molar-refractivity contribution is 9.10. The summed E-state index contributed by atoms with van der Waals surface area (Å²) in [5.74, 6) is 1.37. The third-order valence-electron chi connectivity index (χ3n) is 2.95. The predicted octanol–water partition coefficient (Wildman–Crippen LogP) is 3.92. The van der Waals surface area contributed by atoms with E-state index in [1.54, 1.807) is 25.6 Å². The maximum Gasteiger partial charge on any atom is 0.161 e. The second kappa shape index (κ2) is 6.11. The molecule has 20 heavy (non-hydrogen) atoms. The SMILES string of the molecule is COc1cc(Br)c(-c2nc(C)c(C(C)N)s2)cc1OC. The quantitative estimate of drug-likeness (QED) is 0.901. The van der Waals surface area contributed by atoms with Crippen molar-refractivity contribution in [2.45, 2.75) is 19.9 Å². The highest BCUT2D eigenvalue weighted by Gasteiger charge is 2.17. The topological polar surface area (TPSA) is 57.4 Å². The number of hydrogen-bond acceptors (Lipinski definition) is 5. The smallest absolute Gasteiger partial charge is 0.161 e. The molecule has 1 aromatic heterocycles. The molecule has 2 aromatic rings. The van der Waals surface area contributed by atoms with Crippen molar-refractivity contribution in [3.63, 3.8) is 0 Å². The molecule has 0 spiro atoms. The van der Waals surface area contributed by atoms with Gasteiger partial charge in [-0.05, 0) is 41.9 Å². The minimum absolute atomic E-state index is 0.0137. The molecule has 1 heterocycles. The molecule has 2 N–H and O–H groups in total. The summed E-state index contributed by atoms with van der Waals surface area (Å²) >= 11 is 5.16. The lowest BCUT2D eigenvalue weighted by Crippen LogP contribution is -2.03. The van der Waals surface area contributed by atoms with E-state index in [-0.39, 0.29) is 6.04 Å². The van der Waals surface area contributed by atoms with Crippen molar-refractivity contribution >= 4 is 27.3 Å². The van der Waals surface area contributed by atoms with E-state index in [1.807, 2.05) is 26.0 Å². The minimum Gasteiger partial charge on any atom is -0.493 e. The molecule has 0 aliphatic carbocycles. The molecule has 108 valence electrons. The highest BCUT2D eigenvalue weighted by atomic mass is 79.9. The van der Waals surface area contributed by atoms with Crippen molar-refractivity contribution < 1.29 is 9.47 Å². The maximum atomic E-state index is 5.96. The van der Waals surface area contributed by atoms with E-state index in [9.17, 15) is 0 Å². The second-order valence-electron chi connectivity index (χ2n) is 4.44. The molecule has 1 atom stereocenters. The molecule has 0 amide bonds. The van der Waals surface area contributed by atoms with Crippen LogP contribution in [0.25, 0.3) is 10.6 Å². The summed E-state index contributed by atoms with van der Waals surface area (Å²) in [5.41, 5.74) is 7.91. The Labute approximate surface area is 131 Å². The van der Waals surface area contributed by atoms with Crippen molar-refractivity contribution in [3.8, 4) is 22.1 Å². The molecule has 1 unspecified atom stereocenters. The van der Waals surface area contributed by atoms with Gasteiger partial charge in [-0.25, -0.2) is 4.98 Å². The molecule has 0 aliphatic rings. The third-order valence-corrected chi connectivity index (χ3v) is 5.00. The zero-order valence-electron chi connectivity index (χ0n) is 11.9. The van der Waals surface area contributed by atoms with Gasteiger partial charge >= 0.3 is 0 Å². The maximum absolute atomic E-state index is 5.96. The van der Waals surface area contributed by atoms with Gasteiger partial charge in [-0.2, -0.15) is 0 Å². The Morgan fingerprint density at radius 3 is 2.35 bits per heavy atom. The van der Waals surface area contributed by atoms with Gasteiger partial charge in [0.1, 0.15) is 5.01 Å². The molecular formula is C14H17BrN2O2S. The van der Waals surface area contributed by atoms with E-state index in [2.05, 4.69) is 20.9 Å². The molecule has 0 radical (unpaired) electrons. The number of nitrogens with zero attached hydrogens (tertiary/aromatic N) is 1. The van der Waals surface area contributed by atoms with Crippen LogP contribution in [0.5, 0.6) is 11.5 Å². The predicted molar refractivity (Wildman–Crippen MR) is 85.7 cm³/mol. The van der Waals surface area contributed by atoms with Crippen molar-refractivity contribution in [3.05, 3.63) is 27.2 Å². The lowest BCUT2D eigenvalue weighted by molar-refractivity contribution is 0.355. The van der Waals surface area contributed by atoms with Crippen LogP contribution in [-0.2, 0) is 0 Å². The van der Waals surface area contributed by atoms with Crippen LogP contribution in [0.2, 0.25) is 0 Å². The summed E-state index contributed by atoms with van der Waals surface area (Å²) in [6, 6.07) is 3.79. The number of halogens is 1. The van der Waals surface area contributed by atoms with E-state index >= 15 is 0 Å². The van der Waals surface area contributed by atoms with Gasteiger partial charge in [0.15, 0.2) is 11.5 Å².